The lowest BCUT2D eigenvalue weighted by atomic mass is 9.83. The van der Waals surface area contributed by atoms with Crippen molar-refractivity contribution in [2.24, 2.45) is 0 Å². The number of fused-ring (bicyclic) bond motifs is 2. The molecule has 2 aromatic rings. The van der Waals surface area contributed by atoms with Crippen LogP contribution in [0.3, 0.4) is 0 Å². The Morgan fingerprint density at radius 2 is 1.40 bits per heavy atom. The monoisotopic (exact) mass is 282 g/mol. The molecule has 0 heterocycles. The first kappa shape index (κ1) is 12.8. The fourth-order valence-electron chi connectivity index (χ4n) is 2.34. The second-order valence-electron chi connectivity index (χ2n) is 4.46. The highest BCUT2D eigenvalue weighted by molar-refractivity contribution is 8.13. The van der Waals surface area contributed by atoms with Gasteiger partial charge in [0, 0.05) is 27.8 Å². The van der Waals surface area contributed by atoms with Gasteiger partial charge in [0.15, 0.2) is 11.6 Å². The number of carbonyl (C=O) groups excluding carboxylic acids is 3. The maximum absolute atomic E-state index is 12.4. The van der Waals surface area contributed by atoms with Crippen molar-refractivity contribution in [2.45, 2.75) is 0 Å². The van der Waals surface area contributed by atoms with Gasteiger partial charge in [-0.1, -0.05) is 36.0 Å². The molecule has 0 aliphatic heterocycles. The van der Waals surface area contributed by atoms with Gasteiger partial charge < -0.3 is 0 Å². The number of carbonyl (C=O) groups is 3. The highest BCUT2D eigenvalue weighted by Crippen LogP contribution is 2.28. The standard InChI is InChI=1S/C16H10O3S/c1-20-16(19)9-6-7-12-13(8-9)15(18)11-5-3-2-4-10(11)14(12)17/h2-8H,1H3. The Kier molecular flexibility index (Phi) is 3.03. The molecule has 0 unspecified atom stereocenters. The fourth-order valence-corrected chi connectivity index (χ4v) is 2.71. The number of thioether (sulfide) groups is 1. The van der Waals surface area contributed by atoms with Gasteiger partial charge in [-0.2, -0.15) is 0 Å². The smallest absolute Gasteiger partial charge is 0.219 e. The number of ketones is 2. The number of hydrogen-bond donors (Lipinski definition) is 0. The molecular formula is C16H10O3S. The summed E-state index contributed by atoms with van der Waals surface area (Å²) in [6.07, 6.45) is 1.68. The van der Waals surface area contributed by atoms with Crippen LogP contribution in [-0.2, 0) is 0 Å². The maximum atomic E-state index is 12.4. The molecule has 3 nitrogen and oxygen atoms in total. The predicted octanol–water partition coefficient (Wildman–Crippen LogP) is 2.97. The summed E-state index contributed by atoms with van der Waals surface area (Å²) in [5, 5.41) is -0.119. The topological polar surface area (TPSA) is 51.2 Å². The van der Waals surface area contributed by atoms with E-state index < -0.39 is 0 Å². The maximum Gasteiger partial charge on any atom is 0.219 e. The molecule has 1 aliphatic rings. The lowest BCUT2D eigenvalue weighted by molar-refractivity contribution is 0.0978. The lowest BCUT2D eigenvalue weighted by Gasteiger charge is -2.17. The van der Waals surface area contributed by atoms with E-state index in [-0.39, 0.29) is 16.7 Å². The highest BCUT2D eigenvalue weighted by Gasteiger charge is 2.29. The van der Waals surface area contributed by atoms with Crippen molar-refractivity contribution >= 4 is 28.4 Å². The van der Waals surface area contributed by atoms with Crippen molar-refractivity contribution < 1.29 is 14.4 Å². The Bertz CT molecular complexity index is 762. The van der Waals surface area contributed by atoms with Crippen LogP contribution in [0.4, 0.5) is 0 Å². The zero-order valence-electron chi connectivity index (χ0n) is 10.7. The van der Waals surface area contributed by atoms with Gasteiger partial charge >= 0.3 is 0 Å². The molecule has 20 heavy (non-hydrogen) atoms. The average Bonchev–Trinajstić information content (AvgIpc) is 2.51. The minimum Gasteiger partial charge on any atom is -0.289 e. The molecule has 2 aromatic carbocycles. The molecule has 0 atom stereocenters. The van der Waals surface area contributed by atoms with Gasteiger partial charge in [-0.25, -0.2) is 0 Å². The van der Waals surface area contributed by atoms with E-state index in [4.69, 9.17) is 0 Å². The van der Waals surface area contributed by atoms with Gasteiger partial charge in [0.25, 0.3) is 0 Å². The second-order valence-corrected chi connectivity index (χ2v) is 5.23. The summed E-state index contributed by atoms with van der Waals surface area (Å²) in [5.74, 6) is -0.371. The van der Waals surface area contributed by atoms with E-state index >= 15 is 0 Å². The summed E-state index contributed by atoms with van der Waals surface area (Å²) in [4.78, 5) is 36.5. The third kappa shape index (κ3) is 1.80. The average molecular weight is 282 g/mol. The Labute approximate surface area is 120 Å². The van der Waals surface area contributed by atoms with E-state index in [0.717, 1.165) is 11.8 Å². The van der Waals surface area contributed by atoms with Crippen LogP contribution < -0.4 is 0 Å². The van der Waals surface area contributed by atoms with E-state index in [0.29, 0.717) is 27.8 Å². The highest BCUT2D eigenvalue weighted by atomic mass is 32.2. The molecule has 0 spiro atoms. The Morgan fingerprint density at radius 1 is 0.850 bits per heavy atom. The van der Waals surface area contributed by atoms with Crippen LogP contribution >= 0.6 is 11.8 Å². The van der Waals surface area contributed by atoms with Crippen LogP contribution in [0, 0.1) is 0 Å². The summed E-state index contributed by atoms with van der Waals surface area (Å²) in [7, 11) is 0. The van der Waals surface area contributed by atoms with E-state index in [1.807, 2.05) is 0 Å². The van der Waals surface area contributed by atoms with Crippen LogP contribution in [0.25, 0.3) is 0 Å². The van der Waals surface area contributed by atoms with Crippen LogP contribution in [0.1, 0.15) is 42.2 Å². The molecule has 3 rings (SSSR count). The number of hydrogen-bond acceptors (Lipinski definition) is 4. The summed E-state index contributed by atoms with van der Waals surface area (Å²) < 4.78 is 0. The first-order chi connectivity index (χ1) is 9.63. The van der Waals surface area contributed by atoms with Crippen LogP contribution in [-0.4, -0.2) is 22.9 Å². The van der Waals surface area contributed by atoms with Crippen LogP contribution in [0.2, 0.25) is 0 Å². The van der Waals surface area contributed by atoms with Gasteiger partial charge in [-0.3, -0.25) is 14.4 Å². The molecule has 0 N–H and O–H groups in total. The molecule has 0 bridgehead atoms. The third-order valence-electron chi connectivity index (χ3n) is 3.35. The quantitative estimate of drug-likeness (QED) is 0.688. The van der Waals surface area contributed by atoms with Crippen molar-refractivity contribution in [1.82, 2.24) is 0 Å². The van der Waals surface area contributed by atoms with E-state index in [9.17, 15) is 14.4 Å². The largest absolute Gasteiger partial charge is 0.289 e. The van der Waals surface area contributed by atoms with Gasteiger partial charge in [0.2, 0.25) is 5.12 Å². The van der Waals surface area contributed by atoms with Gasteiger partial charge in [0.1, 0.15) is 0 Å². The molecule has 4 heteroatoms. The van der Waals surface area contributed by atoms with Gasteiger partial charge in [-0.05, 0) is 24.5 Å². The van der Waals surface area contributed by atoms with Crippen LogP contribution in [0.5, 0.6) is 0 Å². The van der Waals surface area contributed by atoms with E-state index in [1.54, 1.807) is 42.7 Å². The minimum absolute atomic E-state index is 0.119. The summed E-state index contributed by atoms with van der Waals surface area (Å²) in [5.41, 5.74) is 1.95. The first-order valence-electron chi connectivity index (χ1n) is 6.04. The van der Waals surface area contributed by atoms with E-state index in [2.05, 4.69) is 0 Å². The normalized spacial score (nSPS) is 12.8. The Hall–Kier alpha value is -2.20. The molecule has 0 saturated heterocycles. The molecular weight excluding hydrogens is 272 g/mol. The number of benzene rings is 2. The molecule has 0 radical (unpaired) electrons. The Balaban J connectivity index is 2.21. The molecule has 98 valence electrons. The number of rotatable bonds is 1. The first-order valence-corrected chi connectivity index (χ1v) is 7.26. The molecule has 1 aliphatic carbocycles. The zero-order chi connectivity index (χ0) is 14.3. The van der Waals surface area contributed by atoms with Crippen molar-refractivity contribution in [3.63, 3.8) is 0 Å². The van der Waals surface area contributed by atoms with Crippen LogP contribution in [0.15, 0.2) is 42.5 Å². The minimum atomic E-state index is -0.203. The van der Waals surface area contributed by atoms with Crippen molar-refractivity contribution in [2.75, 3.05) is 6.26 Å². The van der Waals surface area contributed by atoms with E-state index in [1.165, 1.54) is 6.07 Å². The van der Waals surface area contributed by atoms with Crippen molar-refractivity contribution in [3.05, 3.63) is 70.3 Å². The SMILES string of the molecule is CSC(=O)c1ccc2c(c1)C(=O)c1ccccc1C2=O. The Morgan fingerprint density at radius 3 is 2.00 bits per heavy atom. The fraction of sp³-hybridized carbons (Fsp3) is 0.0625. The summed E-state index contributed by atoms with van der Waals surface area (Å²) in [6.45, 7) is 0. The van der Waals surface area contributed by atoms with Gasteiger partial charge in [0.05, 0.1) is 0 Å². The summed E-state index contributed by atoms with van der Waals surface area (Å²) in [6, 6.07) is 11.4. The molecule has 0 aromatic heterocycles. The molecule has 0 amide bonds. The predicted molar refractivity (Wildman–Crippen MR) is 77.6 cm³/mol. The third-order valence-corrected chi connectivity index (χ3v) is 3.95. The van der Waals surface area contributed by atoms with Gasteiger partial charge in [-0.15, -0.1) is 0 Å². The zero-order valence-corrected chi connectivity index (χ0v) is 11.5. The van der Waals surface area contributed by atoms with Crippen molar-refractivity contribution in [3.8, 4) is 0 Å². The second kappa shape index (κ2) is 4.72. The molecule has 0 saturated carbocycles. The lowest BCUT2D eigenvalue weighted by Crippen LogP contribution is -2.21. The molecule has 0 fully saturated rings. The summed E-state index contributed by atoms with van der Waals surface area (Å²) >= 11 is 1.08. The van der Waals surface area contributed by atoms with Crippen molar-refractivity contribution in [1.29, 1.82) is 0 Å².